The van der Waals surface area contributed by atoms with Crippen molar-refractivity contribution in [1.29, 1.82) is 0 Å². The average molecular weight is 311 g/mol. The molecule has 0 aliphatic heterocycles. The number of aryl methyl sites for hydroxylation is 1. The largest absolute Gasteiger partial charge is 0.507 e. The molecule has 0 saturated heterocycles. The van der Waals surface area contributed by atoms with Gasteiger partial charge in [-0.15, -0.1) is 0 Å². The molecule has 0 aliphatic rings. The summed E-state index contributed by atoms with van der Waals surface area (Å²) in [5.41, 5.74) is 0.997. The number of nitrogens with one attached hydrogen (secondary N) is 1. The average Bonchev–Trinajstić information content (AvgIpc) is 2.41. The van der Waals surface area contributed by atoms with Crippen LogP contribution >= 0.6 is 11.8 Å². The Hall–Kier alpha value is -2.02. The standard InChI is InChI=1S/C14H17NO5S/c1-8-4-5-10(12(17)6-8)14(19)21-7-11(13(18)20-3)15-9(2)16/h4-6,11,17H,7H2,1-3H3,(H,15,16)/t11-/m0/s1. The van der Waals surface area contributed by atoms with E-state index in [1.807, 2.05) is 0 Å². The van der Waals surface area contributed by atoms with Gasteiger partial charge < -0.3 is 15.2 Å². The van der Waals surface area contributed by atoms with E-state index in [0.29, 0.717) is 0 Å². The van der Waals surface area contributed by atoms with Gasteiger partial charge in [-0.3, -0.25) is 9.59 Å². The number of carbonyl (C=O) groups excluding carboxylic acids is 3. The van der Waals surface area contributed by atoms with Crippen molar-refractivity contribution in [3.05, 3.63) is 29.3 Å². The fraction of sp³-hybridized carbons (Fsp3) is 0.357. The molecular weight excluding hydrogens is 294 g/mol. The number of phenols is 1. The number of esters is 1. The molecule has 1 rings (SSSR count). The molecule has 1 atom stereocenters. The highest BCUT2D eigenvalue weighted by Gasteiger charge is 2.22. The Morgan fingerprint density at radius 2 is 2.05 bits per heavy atom. The van der Waals surface area contributed by atoms with E-state index < -0.39 is 17.9 Å². The van der Waals surface area contributed by atoms with Gasteiger partial charge in [-0.05, 0) is 24.6 Å². The number of hydrogen-bond donors (Lipinski definition) is 2. The Kier molecular flexibility index (Phi) is 6.23. The monoisotopic (exact) mass is 311 g/mol. The molecule has 0 bridgehead atoms. The minimum atomic E-state index is -0.908. The van der Waals surface area contributed by atoms with Crippen LogP contribution in [-0.2, 0) is 14.3 Å². The minimum Gasteiger partial charge on any atom is -0.507 e. The first-order chi connectivity index (χ1) is 9.85. The van der Waals surface area contributed by atoms with E-state index in [0.717, 1.165) is 17.3 Å². The highest BCUT2D eigenvalue weighted by molar-refractivity contribution is 8.14. The molecule has 7 heteroatoms. The van der Waals surface area contributed by atoms with E-state index in [2.05, 4.69) is 10.1 Å². The number of methoxy groups -OCH3 is 1. The molecule has 0 radical (unpaired) electrons. The normalized spacial score (nSPS) is 11.6. The number of ether oxygens (including phenoxy) is 1. The van der Waals surface area contributed by atoms with E-state index >= 15 is 0 Å². The van der Waals surface area contributed by atoms with Gasteiger partial charge in [0.2, 0.25) is 11.0 Å². The number of amides is 1. The third-order valence-electron chi connectivity index (χ3n) is 2.62. The predicted molar refractivity (Wildman–Crippen MR) is 79.3 cm³/mol. The molecular formula is C14H17NO5S. The van der Waals surface area contributed by atoms with E-state index in [1.165, 1.54) is 26.2 Å². The molecule has 0 aromatic heterocycles. The van der Waals surface area contributed by atoms with Crippen molar-refractivity contribution in [3.63, 3.8) is 0 Å². The lowest BCUT2D eigenvalue weighted by atomic mass is 10.1. The molecule has 0 heterocycles. The number of aromatic hydroxyl groups is 1. The Balaban J connectivity index is 2.72. The van der Waals surface area contributed by atoms with Crippen molar-refractivity contribution in [2.45, 2.75) is 19.9 Å². The van der Waals surface area contributed by atoms with Gasteiger partial charge in [-0.2, -0.15) is 0 Å². The van der Waals surface area contributed by atoms with Gasteiger partial charge in [-0.1, -0.05) is 17.8 Å². The number of thioether (sulfide) groups is 1. The lowest BCUT2D eigenvalue weighted by Gasteiger charge is -2.14. The molecule has 0 aliphatic carbocycles. The Bertz CT molecular complexity index is 558. The number of rotatable bonds is 5. The van der Waals surface area contributed by atoms with Gasteiger partial charge in [0.15, 0.2) is 0 Å². The maximum Gasteiger partial charge on any atom is 0.329 e. The molecule has 0 unspecified atom stereocenters. The summed E-state index contributed by atoms with van der Waals surface area (Å²) >= 11 is 0.829. The molecule has 2 N–H and O–H groups in total. The SMILES string of the molecule is COC(=O)[C@H](CSC(=O)c1ccc(C)cc1O)NC(C)=O. The summed E-state index contributed by atoms with van der Waals surface area (Å²) in [7, 11) is 1.20. The number of phenolic OH excluding ortho intramolecular Hbond substituents is 1. The summed E-state index contributed by atoms with van der Waals surface area (Å²) in [6.07, 6.45) is 0. The van der Waals surface area contributed by atoms with Crippen LogP contribution in [0.25, 0.3) is 0 Å². The van der Waals surface area contributed by atoms with Crippen molar-refractivity contribution in [2.75, 3.05) is 12.9 Å². The lowest BCUT2D eigenvalue weighted by Crippen LogP contribution is -2.42. The highest BCUT2D eigenvalue weighted by Crippen LogP contribution is 2.23. The van der Waals surface area contributed by atoms with E-state index in [9.17, 15) is 19.5 Å². The first-order valence-corrected chi connectivity index (χ1v) is 7.15. The second kappa shape index (κ2) is 7.68. The molecule has 0 fully saturated rings. The molecule has 1 aromatic carbocycles. The zero-order valence-corrected chi connectivity index (χ0v) is 12.8. The van der Waals surface area contributed by atoms with Crippen LogP contribution < -0.4 is 5.32 Å². The molecule has 6 nitrogen and oxygen atoms in total. The van der Waals surface area contributed by atoms with Crippen LogP contribution in [0.2, 0.25) is 0 Å². The topological polar surface area (TPSA) is 92.7 Å². The molecule has 114 valence electrons. The Morgan fingerprint density at radius 1 is 1.38 bits per heavy atom. The summed E-state index contributed by atoms with van der Waals surface area (Å²) in [6, 6.07) is 3.80. The summed E-state index contributed by atoms with van der Waals surface area (Å²) in [4.78, 5) is 34.5. The van der Waals surface area contributed by atoms with Gasteiger partial charge in [0.25, 0.3) is 0 Å². The molecule has 1 aromatic rings. The second-order valence-electron chi connectivity index (χ2n) is 4.40. The lowest BCUT2D eigenvalue weighted by molar-refractivity contribution is -0.144. The third kappa shape index (κ3) is 5.11. The third-order valence-corrected chi connectivity index (χ3v) is 3.60. The predicted octanol–water partition coefficient (Wildman–Crippen LogP) is 1.25. The van der Waals surface area contributed by atoms with E-state index in [1.54, 1.807) is 13.0 Å². The summed E-state index contributed by atoms with van der Waals surface area (Å²) in [5, 5.41) is 11.8. The Labute approximate surface area is 126 Å². The van der Waals surface area contributed by atoms with E-state index in [-0.39, 0.29) is 22.2 Å². The fourth-order valence-corrected chi connectivity index (χ4v) is 2.47. The van der Waals surface area contributed by atoms with Gasteiger partial charge in [-0.25, -0.2) is 4.79 Å². The number of hydrogen-bond acceptors (Lipinski definition) is 6. The summed E-state index contributed by atoms with van der Waals surface area (Å²) < 4.78 is 4.56. The highest BCUT2D eigenvalue weighted by atomic mass is 32.2. The van der Waals surface area contributed by atoms with Gasteiger partial charge in [0, 0.05) is 12.7 Å². The fourth-order valence-electron chi connectivity index (χ4n) is 1.61. The molecule has 21 heavy (non-hydrogen) atoms. The zero-order valence-electron chi connectivity index (χ0n) is 12.0. The minimum absolute atomic E-state index is 0.0262. The van der Waals surface area contributed by atoms with Gasteiger partial charge in [0.05, 0.1) is 12.7 Å². The second-order valence-corrected chi connectivity index (χ2v) is 5.39. The van der Waals surface area contributed by atoms with Crippen molar-refractivity contribution in [2.24, 2.45) is 0 Å². The quantitative estimate of drug-likeness (QED) is 0.795. The van der Waals surface area contributed by atoms with Crippen molar-refractivity contribution < 1.29 is 24.2 Å². The van der Waals surface area contributed by atoms with Gasteiger partial charge >= 0.3 is 5.97 Å². The first kappa shape index (κ1) is 17.0. The molecule has 0 spiro atoms. The van der Waals surface area contributed by atoms with Crippen molar-refractivity contribution in [3.8, 4) is 5.75 Å². The summed E-state index contributed by atoms with van der Waals surface area (Å²) in [5.74, 6) is -1.10. The van der Waals surface area contributed by atoms with Crippen LogP contribution in [0.3, 0.4) is 0 Å². The molecule has 0 saturated carbocycles. The van der Waals surface area contributed by atoms with Crippen LogP contribution in [0.1, 0.15) is 22.8 Å². The van der Waals surface area contributed by atoms with E-state index in [4.69, 9.17) is 0 Å². The summed E-state index contributed by atoms with van der Waals surface area (Å²) in [6.45, 7) is 3.07. The van der Waals surface area contributed by atoms with Crippen molar-refractivity contribution in [1.82, 2.24) is 5.32 Å². The zero-order chi connectivity index (χ0) is 16.0. The maximum absolute atomic E-state index is 12.0. The number of carbonyl (C=O) groups is 3. The Morgan fingerprint density at radius 3 is 2.57 bits per heavy atom. The van der Waals surface area contributed by atoms with Crippen molar-refractivity contribution >= 4 is 28.8 Å². The van der Waals surface area contributed by atoms with Crippen LogP contribution in [0, 0.1) is 6.92 Å². The maximum atomic E-state index is 12.0. The van der Waals surface area contributed by atoms with Crippen LogP contribution in [0.15, 0.2) is 18.2 Å². The smallest absolute Gasteiger partial charge is 0.329 e. The molecule has 1 amide bonds. The van der Waals surface area contributed by atoms with Crippen LogP contribution in [-0.4, -0.2) is 41.0 Å². The first-order valence-electron chi connectivity index (χ1n) is 6.16. The number of benzene rings is 1. The van der Waals surface area contributed by atoms with Crippen LogP contribution in [0.4, 0.5) is 0 Å². The van der Waals surface area contributed by atoms with Crippen LogP contribution in [0.5, 0.6) is 5.75 Å². The van der Waals surface area contributed by atoms with Gasteiger partial charge in [0.1, 0.15) is 11.8 Å².